The third-order valence-electron chi connectivity index (χ3n) is 4.96. The average Bonchev–Trinajstić information content (AvgIpc) is 3.22. The summed E-state index contributed by atoms with van der Waals surface area (Å²) in [4.78, 5) is 39.5. The predicted octanol–water partition coefficient (Wildman–Crippen LogP) is 3.61. The number of carbonyl (C=O) groups excluding carboxylic acids is 2. The van der Waals surface area contributed by atoms with Gasteiger partial charge in [0.25, 0.3) is 12.4 Å². The molecule has 2 aromatic heterocycles. The number of methoxy groups -OCH3 is 2. The zero-order valence-corrected chi connectivity index (χ0v) is 20.3. The molecule has 0 unspecified atom stereocenters. The van der Waals surface area contributed by atoms with Crippen LogP contribution in [0, 0.1) is 6.92 Å². The van der Waals surface area contributed by atoms with Gasteiger partial charge in [0.2, 0.25) is 5.88 Å². The molecule has 192 valence electrons. The monoisotopic (exact) mass is 509 g/mol. The van der Waals surface area contributed by atoms with Crippen LogP contribution < -0.4 is 19.5 Å². The van der Waals surface area contributed by atoms with Gasteiger partial charge >= 0.3 is 5.97 Å². The highest BCUT2D eigenvalue weighted by molar-refractivity contribution is 6.07. The Hall–Kier alpha value is -5.13. The lowest BCUT2D eigenvalue weighted by Crippen LogP contribution is -2.18. The van der Waals surface area contributed by atoms with Gasteiger partial charge in [0.05, 0.1) is 36.8 Å². The Kier molecular flexibility index (Phi) is 8.60. The Morgan fingerprint density at radius 2 is 1.78 bits per heavy atom. The molecule has 0 saturated heterocycles. The molecule has 2 N–H and O–H groups in total. The van der Waals surface area contributed by atoms with Crippen LogP contribution >= 0.6 is 0 Å². The molecule has 0 fully saturated rings. The Balaban J connectivity index is 0.000000414. The Morgan fingerprint density at radius 1 is 1.05 bits per heavy atom. The second-order valence-corrected chi connectivity index (χ2v) is 7.15. The number of carboxylic acids is 1. The highest BCUT2D eigenvalue weighted by Crippen LogP contribution is 2.36. The predicted molar refractivity (Wildman–Crippen MR) is 131 cm³/mol. The maximum atomic E-state index is 12.1. The van der Waals surface area contributed by atoms with Gasteiger partial charge < -0.3 is 33.8 Å². The van der Waals surface area contributed by atoms with E-state index in [1.165, 1.54) is 6.33 Å². The summed E-state index contributed by atoms with van der Waals surface area (Å²) in [5.41, 5.74) is 1.72. The van der Waals surface area contributed by atoms with Crippen LogP contribution in [-0.4, -0.2) is 54.7 Å². The molecule has 4 rings (SSSR count). The minimum absolute atomic E-state index is 0.138. The Morgan fingerprint density at radius 3 is 2.43 bits per heavy atom. The van der Waals surface area contributed by atoms with Crippen LogP contribution in [0.5, 0.6) is 23.1 Å². The van der Waals surface area contributed by atoms with E-state index in [-0.39, 0.29) is 12.4 Å². The fourth-order valence-electron chi connectivity index (χ4n) is 3.35. The number of amides is 1. The molecular weight excluding hydrogens is 486 g/mol. The van der Waals surface area contributed by atoms with E-state index in [4.69, 9.17) is 23.7 Å². The van der Waals surface area contributed by atoms with Crippen molar-refractivity contribution in [2.24, 2.45) is 0 Å². The number of furan rings is 1. The van der Waals surface area contributed by atoms with E-state index < -0.39 is 5.97 Å². The number of carbonyl (C=O) groups is 3. The molecule has 0 aliphatic heterocycles. The third-order valence-corrected chi connectivity index (χ3v) is 4.96. The molecule has 12 nitrogen and oxygen atoms in total. The molecule has 0 radical (unpaired) electrons. The van der Waals surface area contributed by atoms with E-state index in [1.807, 2.05) is 0 Å². The van der Waals surface area contributed by atoms with Crippen molar-refractivity contribution in [1.82, 2.24) is 15.3 Å². The van der Waals surface area contributed by atoms with E-state index in [0.717, 1.165) is 6.26 Å². The summed E-state index contributed by atoms with van der Waals surface area (Å²) in [5.74, 6) is 1.20. The standard InChI is InChI=1S/C21H19N3O5.C4H4O4/c1-11-19(20(25)22-2)13-6-5-12(7-16(13)28-11)29-21-14-8-17(26-3)18(27-4)9-15(14)23-10-24-21;5-3-8-2-1-4(6)7/h5-10H,1-4H3,(H,22,25);1-3H,(H,6,7)/b;2-1-. The first-order valence-electron chi connectivity index (χ1n) is 10.6. The van der Waals surface area contributed by atoms with Crippen molar-refractivity contribution in [3.8, 4) is 23.1 Å². The van der Waals surface area contributed by atoms with Gasteiger partial charge in [-0.15, -0.1) is 0 Å². The minimum Gasteiger partial charge on any atom is -0.493 e. The largest absolute Gasteiger partial charge is 0.493 e. The number of carboxylic acid groups (broad SMARTS) is 1. The molecule has 12 heteroatoms. The molecule has 0 atom stereocenters. The molecule has 37 heavy (non-hydrogen) atoms. The summed E-state index contributed by atoms with van der Waals surface area (Å²) < 4.78 is 26.3. The van der Waals surface area contributed by atoms with Gasteiger partial charge in [-0.05, 0) is 25.1 Å². The van der Waals surface area contributed by atoms with Crippen molar-refractivity contribution in [2.45, 2.75) is 6.92 Å². The molecule has 0 aliphatic rings. The van der Waals surface area contributed by atoms with Crippen molar-refractivity contribution in [1.29, 1.82) is 0 Å². The molecule has 0 saturated carbocycles. The summed E-state index contributed by atoms with van der Waals surface area (Å²) in [6, 6.07) is 8.81. The molecule has 0 spiro atoms. The van der Waals surface area contributed by atoms with Crippen LogP contribution in [0.2, 0.25) is 0 Å². The SMILES string of the molecule is CNC(=O)c1c(C)oc2cc(Oc3ncnc4cc(OC)c(OC)cc34)ccc12.O=CO/C=C\C(=O)O. The number of aryl methyl sites for hydroxylation is 1. The second-order valence-electron chi connectivity index (χ2n) is 7.15. The van der Waals surface area contributed by atoms with E-state index >= 15 is 0 Å². The maximum absolute atomic E-state index is 12.1. The van der Waals surface area contributed by atoms with Crippen LogP contribution in [-0.2, 0) is 14.3 Å². The quantitative estimate of drug-likeness (QED) is 0.203. The van der Waals surface area contributed by atoms with Gasteiger partial charge in [-0.2, -0.15) is 0 Å². The van der Waals surface area contributed by atoms with Crippen molar-refractivity contribution < 1.29 is 42.9 Å². The number of ether oxygens (including phenoxy) is 4. The van der Waals surface area contributed by atoms with Gasteiger partial charge in [0, 0.05) is 24.6 Å². The van der Waals surface area contributed by atoms with E-state index in [1.54, 1.807) is 58.5 Å². The highest BCUT2D eigenvalue weighted by Gasteiger charge is 2.18. The van der Waals surface area contributed by atoms with Gasteiger partial charge in [0.15, 0.2) is 11.5 Å². The fourth-order valence-corrected chi connectivity index (χ4v) is 3.35. The summed E-state index contributed by atoms with van der Waals surface area (Å²) in [6.07, 6.45) is 2.92. The number of nitrogens with one attached hydrogen (secondary N) is 1. The lowest BCUT2D eigenvalue weighted by atomic mass is 10.1. The Labute approximate surface area is 210 Å². The van der Waals surface area contributed by atoms with Crippen LogP contribution in [0.1, 0.15) is 16.1 Å². The molecule has 2 aromatic carbocycles. The number of aromatic nitrogens is 2. The molecular formula is C25H23N3O9. The van der Waals surface area contributed by atoms with Crippen LogP contribution in [0.15, 0.2) is 53.4 Å². The molecule has 0 bridgehead atoms. The normalized spacial score (nSPS) is 10.5. The van der Waals surface area contributed by atoms with Gasteiger partial charge in [-0.1, -0.05) is 0 Å². The third kappa shape index (κ3) is 6.11. The maximum Gasteiger partial charge on any atom is 0.331 e. The van der Waals surface area contributed by atoms with Gasteiger partial charge in [0.1, 0.15) is 29.7 Å². The van der Waals surface area contributed by atoms with Crippen molar-refractivity contribution >= 4 is 40.2 Å². The van der Waals surface area contributed by atoms with Crippen molar-refractivity contribution in [3.63, 3.8) is 0 Å². The minimum atomic E-state index is -1.15. The smallest absolute Gasteiger partial charge is 0.331 e. The van der Waals surface area contributed by atoms with Crippen LogP contribution in [0.3, 0.4) is 0 Å². The Bertz CT molecular complexity index is 1480. The summed E-state index contributed by atoms with van der Waals surface area (Å²) in [7, 11) is 4.71. The number of rotatable bonds is 8. The second kappa shape index (κ2) is 12.0. The lowest BCUT2D eigenvalue weighted by molar-refractivity contribution is -0.131. The fraction of sp³-hybridized carbons (Fsp3) is 0.160. The molecule has 2 heterocycles. The van der Waals surface area contributed by atoms with Crippen molar-refractivity contribution in [2.75, 3.05) is 21.3 Å². The van der Waals surface area contributed by atoms with E-state index in [2.05, 4.69) is 20.0 Å². The highest BCUT2D eigenvalue weighted by atomic mass is 16.5. The van der Waals surface area contributed by atoms with E-state index in [9.17, 15) is 14.4 Å². The van der Waals surface area contributed by atoms with Gasteiger partial charge in [-0.25, -0.2) is 14.8 Å². The van der Waals surface area contributed by atoms with Crippen molar-refractivity contribution in [3.05, 3.63) is 60.3 Å². The number of nitrogens with zero attached hydrogens (tertiary/aromatic N) is 2. The zero-order valence-electron chi connectivity index (χ0n) is 20.3. The van der Waals surface area contributed by atoms with Crippen LogP contribution in [0.25, 0.3) is 21.9 Å². The summed E-state index contributed by atoms with van der Waals surface area (Å²) in [5, 5.41) is 11.9. The van der Waals surface area contributed by atoms with Crippen LogP contribution in [0.4, 0.5) is 0 Å². The van der Waals surface area contributed by atoms with E-state index in [0.29, 0.717) is 62.4 Å². The number of hydrogen-bond donors (Lipinski definition) is 2. The number of benzene rings is 2. The number of fused-ring (bicyclic) bond motifs is 2. The molecule has 0 aliphatic carbocycles. The molecule has 4 aromatic rings. The average molecular weight is 509 g/mol. The van der Waals surface area contributed by atoms with Gasteiger partial charge in [-0.3, -0.25) is 9.59 Å². The summed E-state index contributed by atoms with van der Waals surface area (Å²) in [6.45, 7) is 1.89. The first-order chi connectivity index (χ1) is 17.8. The first-order valence-corrected chi connectivity index (χ1v) is 10.6. The summed E-state index contributed by atoms with van der Waals surface area (Å²) >= 11 is 0. The number of hydrogen-bond acceptors (Lipinski definition) is 10. The zero-order chi connectivity index (χ0) is 26.9. The lowest BCUT2D eigenvalue weighted by Gasteiger charge is -2.11. The topological polar surface area (TPSA) is 159 Å². The molecule has 1 amide bonds. The number of aliphatic carboxylic acids is 1. The first kappa shape index (κ1) is 26.5.